The van der Waals surface area contributed by atoms with E-state index in [-0.39, 0.29) is 25.0 Å². The van der Waals surface area contributed by atoms with Crippen LogP contribution in [0.4, 0.5) is 0 Å². The molecular formula is C36H53NO13. The molecule has 0 spiro atoms. The van der Waals surface area contributed by atoms with Gasteiger partial charge in [0.25, 0.3) is 11.8 Å². The van der Waals surface area contributed by atoms with E-state index in [0.29, 0.717) is 143 Å². The molecule has 0 bridgehead atoms. The maximum absolute atomic E-state index is 12.3. The van der Waals surface area contributed by atoms with Crippen molar-refractivity contribution >= 4 is 11.8 Å². The maximum atomic E-state index is 12.3. The van der Waals surface area contributed by atoms with Crippen molar-refractivity contribution < 1.29 is 61.7 Å². The zero-order chi connectivity index (χ0) is 35.2. The van der Waals surface area contributed by atoms with Gasteiger partial charge in [-0.05, 0) is 24.3 Å². The molecule has 1 aliphatic rings. The minimum atomic E-state index is -0.278. The highest BCUT2D eigenvalue weighted by Gasteiger charge is 2.34. The van der Waals surface area contributed by atoms with Crippen molar-refractivity contribution in [1.82, 2.24) is 4.90 Å². The lowest BCUT2D eigenvalue weighted by molar-refractivity contribution is -0.0268. The lowest BCUT2D eigenvalue weighted by Gasteiger charge is -2.13. The lowest BCUT2D eigenvalue weighted by atomic mass is 10.1. The summed E-state index contributed by atoms with van der Waals surface area (Å²) in [6.07, 6.45) is 0. The first kappa shape index (κ1) is 41.4. The Balaban J connectivity index is 0.917. The molecule has 14 heteroatoms. The molecule has 1 heterocycles. The SMILES string of the molecule is O=C1c2ccccc2C(=O)N1CCOCCOCCOCCOCCOCCOCCOCCOCCOCCOCCOc1ccccc1. The molecule has 50 heavy (non-hydrogen) atoms. The summed E-state index contributed by atoms with van der Waals surface area (Å²) in [6, 6.07) is 16.5. The maximum Gasteiger partial charge on any atom is 0.261 e. The van der Waals surface area contributed by atoms with E-state index in [0.717, 1.165) is 5.75 Å². The van der Waals surface area contributed by atoms with Gasteiger partial charge < -0.3 is 52.1 Å². The van der Waals surface area contributed by atoms with Crippen LogP contribution in [0.5, 0.6) is 5.75 Å². The zero-order valence-electron chi connectivity index (χ0n) is 29.0. The highest BCUT2D eigenvalue weighted by molar-refractivity contribution is 6.21. The van der Waals surface area contributed by atoms with E-state index in [4.69, 9.17) is 52.1 Å². The van der Waals surface area contributed by atoms with Gasteiger partial charge >= 0.3 is 0 Å². The number of imide groups is 1. The molecule has 0 N–H and O–H groups in total. The minimum absolute atomic E-state index is 0.214. The zero-order valence-corrected chi connectivity index (χ0v) is 29.0. The third-order valence-electron chi connectivity index (χ3n) is 6.93. The summed E-state index contributed by atoms with van der Waals surface area (Å²) < 4.78 is 60.3. The van der Waals surface area contributed by atoms with Gasteiger partial charge in [-0.3, -0.25) is 14.5 Å². The van der Waals surface area contributed by atoms with Crippen molar-refractivity contribution in [2.45, 2.75) is 0 Å². The van der Waals surface area contributed by atoms with E-state index in [9.17, 15) is 9.59 Å². The summed E-state index contributed by atoms with van der Waals surface area (Å²) in [4.78, 5) is 25.8. The van der Waals surface area contributed by atoms with E-state index in [2.05, 4.69) is 0 Å². The van der Waals surface area contributed by atoms with Crippen molar-refractivity contribution in [3.8, 4) is 5.75 Å². The summed E-state index contributed by atoms with van der Waals surface area (Å²) in [5.74, 6) is 0.282. The molecule has 0 saturated carbocycles. The third-order valence-corrected chi connectivity index (χ3v) is 6.93. The van der Waals surface area contributed by atoms with Crippen molar-refractivity contribution in [3.05, 3.63) is 65.7 Å². The van der Waals surface area contributed by atoms with Crippen LogP contribution in [0.25, 0.3) is 0 Å². The highest BCUT2D eigenvalue weighted by atomic mass is 16.6. The number of nitrogens with zero attached hydrogens (tertiary/aromatic N) is 1. The third kappa shape index (κ3) is 18.8. The Bertz CT molecular complexity index is 1110. The smallest absolute Gasteiger partial charge is 0.261 e. The molecular weight excluding hydrogens is 654 g/mol. The predicted molar refractivity (Wildman–Crippen MR) is 182 cm³/mol. The summed E-state index contributed by atoms with van der Waals surface area (Å²) >= 11 is 0. The molecule has 280 valence electrons. The van der Waals surface area contributed by atoms with Crippen molar-refractivity contribution in [2.75, 3.05) is 145 Å². The number of para-hydroxylation sites is 1. The van der Waals surface area contributed by atoms with E-state index in [1.807, 2.05) is 30.3 Å². The summed E-state index contributed by atoms with van der Waals surface area (Å²) in [5.41, 5.74) is 0.883. The molecule has 2 aromatic carbocycles. The first-order chi connectivity index (χ1) is 24.8. The van der Waals surface area contributed by atoms with Gasteiger partial charge in [-0.25, -0.2) is 0 Å². The van der Waals surface area contributed by atoms with Crippen LogP contribution in [0, 0.1) is 0 Å². The molecule has 3 rings (SSSR count). The second-order valence-corrected chi connectivity index (χ2v) is 10.6. The Kier molecular flexibility index (Phi) is 23.7. The van der Waals surface area contributed by atoms with Crippen LogP contribution in [0.15, 0.2) is 54.6 Å². The monoisotopic (exact) mass is 707 g/mol. The molecule has 0 aliphatic carbocycles. The Hall–Kier alpha value is -3.02. The molecule has 0 radical (unpaired) electrons. The summed E-state index contributed by atoms with van der Waals surface area (Å²) in [7, 11) is 0. The van der Waals surface area contributed by atoms with E-state index < -0.39 is 0 Å². The number of hydrogen-bond donors (Lipinski definition) is 0. The molecule has 0 fully saturated rings. The Morgan fingerprint density at radius 2 is 0.620 bits per heavy atom. The number of ether oxygens (including phenoxy) is 11. The predicted octanol–water partition coefficient (Wildman–Crippen LogP) is 2.53. The molecule has 2 amide bonds. The van der Waals surface area contributed by atoms with Gasteiger partial charge in [0.2, 0.25) is 0 Å². The van der Waals surface area contributed by atoms with Crippen LogP contribution in [0.1, 0.15) is 20.7 Å². The number of hydrogen-bond acceptors (Lipinski definition) is 13. The molecule has 0 atom stereocenters. The topological polar surface area (TPSA) is 139 Å². The summed E-state index contributed by atoms with van der Waals surface area (Å²) in [6.45, 7) is 10.0. The number of fused-ring (bicyclic) bond motifs is 1. The van der Waals surface area contributed by atoms with Crippen molar-refractivity contribution in [3.63, 3.8) is 0 Å². The van der Waals surface area contributed by atoms with Crippen LogP contribution in [0.3, 0.4) is 0 Å². The van der Waals surface area contributed by atoms with Gasteiger partial charge in [0.15, 0.2) is 0 Å². The van der Waals surface area contributed by atoms with E-state index >= 15 is 0 Å². The molecule has 1 aliphatic heterocycles. The molecule has 0 saturated heterocycles. The first-order valence-electron chi connectivity index (χ1n) is 17.2. The molecule has 0 aromatic heterocycles. The van der Waals surface area contributed by atoms with Crippen LogP contribution >= 0.6 is 0 Å². The van der Waals surface area contributed by atoms with Crippen LogP contribution < -0.4 is 4.74 Å². The van der Waals surface area contributed by atoms with Gasteiger partial charge in [0, 0.05) is 0 Å². The van der Waals surface area contributed by atoms with Gasteiger partial charge in [-0.1, -0.05) is 30.3 Å². The largest absolute Gasteiger partial charge is 0.491 e. The fraction of sp³-hybridized carbons (Fsp3) is 0.611. The standard InChI is InChI=1S/C36H53NO13/c38-35-33-8-4-5-9-34(33)36(39)37(35)10-11-40-12-13-41-14-15-42-16-17-43-18-19-44-20-21-45-22-23-46-24-25-47-26-27-48-28-29-49-30-31-50-32-6-2-1-3-7-32/h1-9H,10-31H2. The van der Waals surface area contributed by atoms with Gasteiger partial charge in [0.1, 0.15) is 12.4 Å². The van der Waals surface area contributed by atoms with E-state index in [1.54, 1.807) is 24.3 Å². The molecule has 0 unspecified atom stereocenters. The second-order valence-electron chi connectivity index (χ2n) is 10.6. The Labute approximate surface area is 295 Å². The number of rotatable bonds is 34. The van der Waals surface area contributed by atoms with Crippen LogP contribution in [-0.2, 0) is 47.4 Å². The van der Waals surface area contributed by atoms with Crippen LogP contribution in [-0.4, -0.2) is 162 Å². The summed E-state index contributed by atoms with van der Waals surface area (Å²) in [5, 5.41) is 0. The Morgan fingerprint density at radius 3 is 0.960 bits per heavy atom. The highest BCUT2D eigenvalue weighted by Crippen LogP contribution is 2.21. The fourth-order valence-corrected chi connectivity index (χ4v) is 4.41. The number of carbonyl (C=O) groups is 2. The number of amides is 2. The number of carbonyl (C=O) groups excluding carboxylic acids is 2. The molecule has 2 aromatic rings. The van der Waals surface area contributed by atoms with E-state index in [1.165, 1.54) is 4.90 Å². The fourth-order valence-electron chi connectivity index (χ4n) is 4.41. The average Bonchev–Trinajstić information content (AvgIpc) is 3.38. The normalized spacial score (nSPS) is 12.6. The van der Waals surface area contributed by atoms with Crippen LogP contribution in [0.2, 0.25) is 0 Å². The first-order valence-corrected chi connectivity index (χ1v) is 17.2. The van der Waals surface area contributed by atoms with Crippen molar-refractivity contribution in [2.24, 2.45) is 0 Å². The van der Waals surface area contributed by atoms with Gasteiger partial charge in [-0.2, -0.15) is 0 Å². The lowest BCUT2D eigenvalue weighted by Crippen LogP contribution is -2.33. The Morgan fingerprint density at radius 1 is 0.340 bits per heavy atom. The van der Waals surface area contributed by atoms with Gasteiger partial charge in [0.05, 0.1) is 150 Å². The molecule has 14 nitrogen and oxygen atoms in total. The number of benzene rings is 2. The van der Waals surface area contributed by atoms with Gasteiger partial charge in [-0.15, -0.1) is 0 Å². The van der Waals surface area contributed by atoms with Crippen molar-refractivity contribution in [1.29, 1.82) is 0 Å². The minimum Gasteiger partial charge on any atom is -0.491 e. The quantitative estimate of drug-likeness (QED) is 0.0779. The second kappa shape index (κ2) is 28.7. The average molecular weight is 708 g/mol.